The van der Waals surface area contributed by atoms with Crippen molar-refractivity contribution in [3.8, 4) is 0 Å². The van der Waals surface area contributed by atoms with Crippen molar-refractivity contribution < 1.29 is 9.59 Å². The number of rotatable bonds is 4. The van der Waals surface area contributed by atoms with Gasteiger partial charge < -0.3 is 15.1 Å². The monoisotopic (exact) mass is 379 g/mol. The Labute approximate surface area is 162 Å². The van der Waals surface area contributed by atoms with Crippen LogP contribution >= 0.6 is 12.4 Å². The second kappa shape index (κ2) is 8.87. The summed E-state index contributed by atoms with van der Waals surface area (Å²) < 4.78 is 0. The van der Waals surface area contributed by atoms with Crippen molar-refractivity contribution in [3.05, 3.63) is 35.4 Å². The van der Waals surface area contributed by atoms with Gasteiger partial charge in [-0.15, -0.1) is 12.4 Å². The van der Waals surface area contributed by atoms with Crippen molar-refractivity contribution in [2.24, 2.45) is 5.41 Å². The summed E-state index contributed by atoms with van der Waals surface area (Å²) in [6, 6.07) is 7.14. The molecule has 2 fully saturated rings. The van der Waals surface area contributed by atoms with Crippen LogP contribution in [0.5, 0.6) is 0 Å². The smallest absolute Gasteiger partial charge is 0.253 e. The number of amides is 2. The van der Waals surface area contributed by atoms with E-state index in [-0.39, 0.29) is 24.2 Å². The SMILES string of the molecule is CCN(CC)C(=O)c1ccc(C(=O)N2CCC3(CCNC3)CC2)cc1.Cl. The lowest BCUT2D eigenvalue weighted by molar-refractivity contribution is 0.0607. The molecule has 2 amide bonds. The number of halogens is 1. The topological polar surface area (TPSA) is 52.7 Å². The first kappa shape index (κ1) is 20.7. The second-order valence-electron chi connectivity index (χ2n) is 7.27. The number of carbonyl (C=O) groups excluding carboxylic acids is 2. The van der Waals surface area contributed by atoms with Crippen LogP contribution in [0.25, 0.3) is 0 Å². The molecule has 2 saturated heterocycles. The Bertz CT molecular complexity index is 612. The third-order valence-corrected chi connectivity index (χ3v) is 5.87. The van der Waals surface area contributed by atoms with Crippen molar-refractivity contribution in [1.82, 2.24) is 15.1 Å². The van der Waals surface area contributed by atoms with E-state index in [0.29, 0.717) is 29.6 Å². The molecule has 6 heteroatoms. The van der Waals surface area contributed by atoms with Gasteiger partial charge in [0.2, 0.25) is 0 Å². The van der Waals surface area contributed by atoms with E-state index in [9.17, 15) is 9.59 Å². The van der Waals surface area contributed by atoms with Crippen molar-refractivity contribution in [3.63, 3.8) is 0 Å². The van der Waals surface area contributed by atoms with Crippen LogP contribution in [0.1, 0.15) is 53.8 Å². The lowest BCUT2D eigenvalue weighted by atomic mass is 9.78. The molecule has 1 spiro atoms. The van der Waals surface area contributed by atoms with Gasteiger partial charge in [-0.05, 0) is 69.3 Å². The van der Waals surface area contributed by atoms with Crippen LogP contribution in [-0.4, -0.2) is 60.9 Å². The Morgan fingerprint density at radius 3 is 2.12 bits per heavy atom. The first-order chi connectivity index (χ1) is 12.1. The zero-order valence-electron chi connectivity index (χ0n) is 15.8. The van der Waals surface area contributed by atoms with Gasteiger partial charge >= 0.3 is 0 Å². The van der Waals surface area contributed by atoms with Crippen LogP contribution in [-0.2, 0) is 0 Å². The van der Waals surface area contributed by atoms with Crippen LogP contribution in [0.15, 0.2) is 24.3 Å². The average molecular weight is 380 g/mol. The first-order valence-electron chi connectivity index (χ1n) is 9.48. The minimum Gasteiger partial charge on any atom is -0.339 e. The zero-order valence-corrected chi connectivity index (χ0v) is 16.6. The van der Waals surface area contributed by atoms with Crippen molar-refractivity contribution in [2.75, 3.05) is 39.3 Å². The highest BCUT2D eigenvalue weighted by atomic mass is 35.5. The third-order valence-electron chi connectivity index (χ3n) is 5.87. The van der Waals surface area contributed by atoms with Crippen LogP contribution in [0.3, 0.4) is 0 Å². The molecule has 2 aliphatic heterocycles. The third kappa shape index (κ3) is 4.21. The highest BCUT2D eigenvalue weighted by Crippen LogP contribution is 2.37. The van der Waals surface area contributed by atoms with Crippen LogP contribution in [0.2, 0.25) is 0 Å². The summed E-state index contributed by atoms with van der Waals surface area (Å²) in [6.45, 7) is 9.21. The zero-order chi connectivity index (χ0) is 17.9. The molecular weight excluding hydrogens is 350 g/mol. The Balaban J connectivity index is 0.00000243. The normalized spacial score (nSPS) is 18.5. The van der Waals surface area contributed by atoms with E-state index >= 15 is 0 Å². The highest BCUT2D eigenvalue weighted by molar-refractivity contribution is 5.97. The first-order valence-corrected chi connectivity index (χ1v) is 9.48. The van der Waals surface area contributed by atoms with Crippen LogP contribution in [0.4, 0.5) is 0 Å². The molecule has 0 bridgehead atoms. The molecule has 1 aromatic rings. The van der Waals surface area contributed by atoms with Gasteiger partial charge in [-0.25, -0.2) is 0 Å². The quantitative estimate of drug-likeness (QED) is 0.875. The summed E-state index contributed by atoms with van der Waals surface area (Å²) in [5, 5.41) is 3.45. The molecule has 0 unspecified atom stereocenters. The molecule has 0 saturated carbocycles. The minimum absolute atomic E-state index is 0. The second-order valence-corrected chi connectivity index (χ2v) is 7.27. The summed E-state index contributed by atoms with van der Waals surface area (Å²) in [4.78, 5) is 28.9. The predicted molar refractivity (Wildman–Crippen MR) is 106 cm³/mol. The number of benzene rings is 1. The molecule has 1 N–H and O–H groups in total. The van der Waals surface area contributed by atoms with Gasteiger partial charge in [-0.3, -0.25) is 9.59 Å². The molecule has 26 heavy (non-hydrogen) atoms. The number of hydrogen-bond donors (Lipinski definition) is 1. The maximum atomic E-state index is 12.7. The molecule has 2 heterocycles. The van der Waals surface area contributed by atoms with E-state index in [4.69, 9.17) is 0 Å². The number of nitrogens with zero attached hydrogens (tertiary/aromatic N) is 2. The summed E-state index contributed by atoms with van der Waals surface area (Å²) >= 11 is 0. The molecule has 1 aromatic carbocycles. The largest absolute Gasteiger partial charge is 0.339 e. The van der Waals surface area contributed by atoms with Gasteiger partial charge in [0.15, 0.2) is 0 Å². The molecule has 0 aliphatic carbocycles. The summed E-state index contributed by atoms with van der Waals surface area (Å²) in [5.74, 6) is 0.111. The number of likely N-dealkylation sites (tertiary alicyclic amines) is 1. The van der Waals surface area contributed by atoms with Crippen molar-refractivity contribution >= 4 is 24.2 Å². The van der Waals surface area contributed by atoms with Gasteiger partial charge in [0.05, 0.1) is 0 Å². The molecule has 5 nitrogen and oxygen atoms in total. The molecule has 0 aromatic heterocycles. The average Bonchev–Trinajstić information content (AvgIpc) is 3.11. The molecular formula is C20H30ClN3O2. The van der Waals surface area contributed by atoms with Crippen LogP contribution < -0.4 is 5.32 Å². The number of piperidine rings is 1. The van der Waals surface area contributed by atoms with E-state index in [0.717, 1.165) is 39.0 Å². The van der Waals surface area contributed by atoms with E-state index < -0.39 is 0 Å². The van der Waals surface area contributed by atoms with E-state index in [1.165, 1.54) is 6.42 Å². The predicted octanol–water partition coefficient (Wildman–Crippen LogP) is 2.81. The fourth-order valence-electron chi connectivity index (χ4n) is 4.04. The van der Waals surface area contributed by atoms with Crippen LogP contribution in [0, 0.1) is 5.41 Å². The summed E-state index contributed by atoms with van der Waals surface area (Å²) in [6.07, 6.45) is 3.41. The molecule has 144 valence electrons. The number of nitrogens with one attached hydrogen (secondary N) is 1. The maximum Gasteiger partial charge on any atom is 0.253 e. The van der Waals surface area contributed by atoms with Gasteiger partial charge in [0, 0.05) is 43.9 Å². The molecule has 0 radical (unpaired) electrons. The fourth-order valence-corrected chi connectivity index (χ4v) is 4.04. The standard InChI is InChI=1S/C20H29N3O2.ClH/c1-3-22(4-2)18(24)16-5-7-17(8-6-16)19(25)23-13-10-20(11-14-23)9-12-21-15-20;/h5-8,21H,3-4,9-15H2,1-2H3;1H. The summed E-state index contributed by atoms with van der Waals surface area (Å²) in [7, 11) is 0. The minimum atomic E-state index is 0. The Kier molecular flexibility index (Phi) is 7.07. The van der Waals surface area contributed by atoms with E-state index in [1.54, 1.807) is 29.2 Å². The van der Waals surface area contributed by atoms with E-state index in [1.807, 2.05) is 18.7 Å². The van der Waals surface area contributed by atoms with Crippen molar-refractivity contribution in [2.45, 2.75) is 33.1 Å². The Morgan fingerprint density at radius 2 is 1.62 bits per heavy atom. The molecule has 0 atom stereocenters. The molecule has 3 rings (SSSR count). The van der Waals surface area contributed by atoms with E-state index in [2.05, 4.69) is 5.32 Å². The molecule has 2 aliphatic rings. The number of carbonyl (C=O) groups is 2. The lowest BCUT2D eigenvalue weighted by Gasteiger charge is -2.38. The van der Waals surface area contributed by atoms with Gasteiger partial charge in [-0.1, -0.05) is 0 Å². The Hall–Kier alpha value is -1.59. The summed E-state index contributed by atoms with van der Waals surface area (Å²) in [5.41, 5.74) is 1.74. The maximum absolute atomic E-state index is 12.7. The fraction of sp³-hybridized carbons (Fsp3) is 0.600. The van der Waals surface area contributed by atoms with Crippen molar-refractivity contribution in [1.29, 1.82) is 0 Å². The lowest BCUT2D eigenvalue weighted by Crippen LogP contribution is -2.44. The highest BCUT2D eigenvalue weighted by Gasteiger charge is 2.38. The number of hydrogen-bond acceptors (Lipinski definition) is 3. The Morgan fingerprint density at radius 1 is 1.04 bits per heavy atom. The van der Waals surface area contributed by atoms with Gasteiger partial charge in [-0.2, -0.15) is 0 Å². The van der Waals surface area contributed by atoms with Gasteiger partial charge in [0.1, 0.15) is 0 Å². The van der Waals surface area contributed by atoms with Gasteiger partial charge in [0.25, 0.3) is 11.8 Å².